The van der Waals surface area contributed by atoms with Gasteiger partial charge in [0.05, 0.1) is 0 Å². The van der Waals surface area contributed by atoms with Crippen molar-refractivity contribution in [3.8, 4) is 11.8 Å². The van der Waals surface area contributed by atoms with Crippen LogP contribution in [0.25, 0.3) is 0 Å². The quantitative estimate of drug-likeness (QED) is 0.0931. The Hall–Kier alpha value is -0.563. The minimum absolute atomic E-state index is 0. The highest BCUT2D eigenvalue weighted by molar-refractivity contribution is 6.76. The number of nitrogens with zero attached hydrogens (tertiary/aromatic N) is 2. The monoisotopic (exact) mass is 1110 g/mol. The highest BCUT2D eigenvalue weighted by atomic mass is 28.3. The maximum Gasteiger partial charge on any atom is 0.0442 e. The molecule has 1 aliphatic heterocycles. The Morgan fingerprint density at radius 1 is 0.442 bits per heavy atom. The molecule has 0 aromatic carbocycles. The molecule has 77 heavy (non-hydrogen) atoms. The molecule has 0 spiro atoms. The summed E-state index contributed by atoms with van der Waals surface area (Å²) in [7, 11) is 5.72. The summed E-state index contributed by atoms with van der Waals surface area (Å²) in [6, 6.07) is 1.50. The molecule has 2 nitrogen and oxygen atoms in total. The van der Waals surface area contributed by atoms with Gasteiger partial charge in [0.1, 0.15) is 0 Å². The van der Waals surface area contributed by atoms with Crippen LogP contribution in [0.4, 0.5) is 0 Å². The van der Waals surface area contributed by atoms with Crippen molar-refractivity contribution in [2.45, 2.75) is 408 Å². The molecule has 0 amide bonds. The first kappa shape index (κ1) is 102. The Morgan fingerprint density at radius 2 is 0.740 bits per heavy atom. The van der Waals surface area contributed by atoms with Crippen LogP contribution in [0.1, 0.15) is 371 Å². The first-order valence-electron chi connectivity index (χ1n) is 30.4. The van der Waals surface area contributed by atoms with Crippen molar-refractivity contribution in [2.24, 2.45) is 27.1 Å². The lowest BCUT2D eigenvalue weighted by atomic mass is 9.67. The summed E-state index contributed by atoms with van der Waals surface area (Å²) in [5, 5.41) is 0. The molecule has 6 rings (SSSR count). The molecule has 4 saturated carbocycles. The SMILES string of the molecule is C.C.C.C.C.C.C.CC#CCCC.CC1(C)CC1.CC1(C)CCC(C)(C)CC1.CC12CCC(C)(CC1)C2.CC1=C(C)CC1.CCCC.CCCCCC.CCCC[Si](C)(C)C.CCCN(C)C.CN1C(C)(C)CCC1(C)C. The van der Waals surface area contributed by atoms with Gasteiger partial charge in [0.15, 0.2) is 0 Å². The number of hydrogen-bond donors (Lipinski definition) is 0. The number of hydrogen-bond acceptors (Lipinski definition) is 2. The Morgan fingerprint density at radius 3 is 0.831 bits per heavy atom. The lowest BCUT2D eigenvalue weighted by Crippen LogP contribution is -2.44. The fraction of sp³-hybridized carbons (Fsp3) is 0.946. The number of likely N-dealkylation sites (tertiary alicyclic amines) is 1. The normalized spacial score (nSPS) is 21.7. The van der Waals surface area contributed by atoms with E-state index in [9.17, 15) is 0 Å². The van der Waals surface area contributed by atoms with E-state index in [2.05, 4.69) is 208 Å². The van der Waals surface area contributed by atoms with Gasteiger partial charge in [-0.05, 0) is 212 Å². The molecular formula is C74H168N2Si. The van der Waals surface area contributed by atoms with Crippen LogP contribution in [0.3, 0.4) is 0 Å². The topological polar surface area (TPSA) is 6.48 Å². The molecule has 3 heteroatoms. The predicted octanol–water partition coefficient (Wildman–Crippen LogP) is 27.5. The number of rotatable bonds is 10. The molecule has 0 atom stereocenters. The van der Waals surface area contributed by atoms with E-state index in [4.69, 9.17) is 0 Å². The second-order valence-electron chi connectivity index (χ2n) is 28.9. The molecule has 0 aromatic rings. The average molecular weight is 1110 g/mol. The van der Waals surface area contributed by atoms with Gasteiger partial charge in [0.25, 0.3) is 0 Å². The summed E-state index contributed by atoms with van der Waals surface area (Å²) in [4.78, 5) is 4.67. The summed E-state index contributed by atoms with van der Waals surface area (Å²) in [5.41, 5.74) is 7.62. The van der Waals surface area contributed by atoms with Crippen LogP contribution >= 0.6 is 0 Å². The Balaban J connectivity index is -0.0000000699. The zero-order valence-electron chi connectivity index (χ0n) is 54.7. The standard InChI is InChI=1S/C10H20.C9H19N.C9H16.C7H18Si.C6H10.C6H14.C6H10.C5H13N.C5H10.C4H10.7CH4/c1-9(2)5-7-10(3,4)8-6-9;1-8(2)6-7-9(3,4)10(8)5;1-8-3-5-9(2,7-8)6-4-8;1-5-6-7-8(2,3)4;1-5-3-4-6(5)2;2*1-3-5-6-4-2;1-4-5-6(2)3;1-5(2)3-4-5;1-3-4-2;;;;;;;/h5-8H2,1-4H3;6-7H2,1-5H3;3-7H2,1-2H3;5-7H2,1-4H3;3-4H2,1-2H3;3-6H2,1-2H3;3,5H2,1-2H3;4-5H2,1-3H3;3-4H2,1-2H3;3-4H2,1-2H3;7*1H4. The van der Waals surface area contributed by atoms with Crippen molar-refractivity contribution in [2.75, 3.05) is 27.7 Å². The summed E-state index contributed by atoms with van der Waals surface area (Å²) < 4.78 is 0. The summed E-state index contributed by atoms with van der Waals surface area (Å²) in [5.74, 6) is 5.77. The molecule has 478 valence electrons. The fourth-order valence-corrected chi connectivity index (χ4v) is 10.4. The van der Waals surface area contributed by atoms with Crippen molar-refractivity contribution in [1.29, 1.82) is 0 Å². The first-order chi connectivity index (χ1) is 32.0. The van der Waals surface area contributed by atoms with Crippen molar-refractivity contribution in [3.63, 3.8) is 0 Å². The molecule has 0 N–H and O–H groups in total. The van der Waals surface area contributed by atoms with Gasteiger partial charge in [-0.15, -0.1) is 11.8 Å². The van der Waals surface area contributed by atoms with Crippen LogP contribution in [0.2, 0.25) is 25.7 Å². The van der Waals surface area contributed by atoms with Crippen molar-refractivity contribution in [3.05, 3.63) is 11.1 Å². The zero-order valence-corrected chi connectivity index (χ0v) is 55.7. The van der Waals surface area contributed by atoms with Gasteiger partial charge in [0, 0.05) is 25.6 Å². The third kappa shape index (κ3) is 61.3. The lowest BCUT2D eigenvalue weighted by molar-refractivity contribution is 0.115. The number of unbranched alkanes of at least 4 members (excludes halogenated alkanes) is 6. The van der Waals surface area contributed by atoms with Gasteiger partial charge in [-0.25, -0.2) is 0 Å². The van der Waals surface area contributed by atoms with E-state index in [1.165, 1.54) is 173 Å². The molecule has 0 radical (unpaired) electrons. The van der Waals surface area contributed by atoms with E-state index in [1.54, 1.807) is 11.1 Å². The number of fused-ring (bicyclic) bond motifs is 2. The molecule has 2 bridgehead atoms. The van der Waals surface area contributed by atoms with E-state index in [0.29, 0.717) is 21.9 Å². The first-order valence-corrected chi connectivity index (χ1v) is 34.1. The lowest BCUT2D eigenvalue weighted by Gasteiger charge is -2.39. The third-order valence-electron chi connectivity index (χ3n) is 16.5. The Labute approximate surface area is 501 Å². The molecule has 1 saturated heterocycles. The van der Waals surface area contributed by atoms with Gasteiger partial charge >= 0.3 is 0 Å². The second-order valence-corrected chi connectivity index (χ2v) is 34.5. The van der Waals surface area contributed by atoms with Crippen molar-refractivity contribution < 1.29 is 0 Å². The van der Waals surface area contributed by atoms with Crippen LogP contribution < -0.4 is 0 Å². The van der Waals surface area contributed by atoms with Crippen molar-refractivity contribution >= 4 is 8.07 Å². The highest BCUT2D eigenvalue weighted by Crippen LogP contribution is 2.60. The molecule has 0 aromatic heterocycles. The molecule has 6 aliphatic rings. The summed E-state index contributed by atoms with van der Waals surface area (Å²) in [6.07, 6.45) is 35.9. The van der Waals surface area contributed by atoms with E-state index >= 15 is 0 Å². The van der Waals surface area contributed by atoms with Gasteiger partial charge in [-0.1, -0.05) is 244 Å². The van der Waals surface area contributed by atoms with E-state index in [1.807, 2.05) is 6.92 Å². The van der Waals surface area contributed by atoms with E-state index < -0.39 is 8.07 Å². The Kier molecular flexibility index (Phi) is 68.9. The minimum atomic E-state index is -0.678. The maximum absolute atomic E-state index is 2.95. The van der Waals surface area contributed by atoms with Crippen LogP contribution in [0.5, 0.6) is 0 Å². The highest BCUT2D eigenvalue weighted by Gasteiger charge is 2.48. The zero-order chi connectivity index (χ0) is 55.5. The largest absolute Gasteiger partial charge is 0.309 e. The van der Waals surface area contributed by atoms with Gasteiger partial charge in [0.2, 0.25) is 0 Å². The fourth-order valence-electron chi connectivity index (χ4n) is 8.99. The molecule has 1 heterocycles. The third-order valence-corrected chi connectivity index (χ3v) is 18.3. The second kappa shape index (κ2) is 52.3. The average Bonchev–Trinajstić information content (AvgIpc) is 3.68. The molecular weight excluding hydrogens is 945 g/mol. The van der Waals surface area contributed by atoms with Gasteiger partial charge in [-0.3, -0.25) is 4.90 Å². The maximum atomic E-state index is 2.95. The van der Waals surface area contributed by atoms with Crippen LogP contribution in [-0.2, 0) is 0 Å². The Bertz CT molecular complexity index is 1230. The van der Waals surface area contributed by atoms with Gasteiger partial charge in [-0.2, -0.15) is 0 Å². The summed E-state index contributed by atoms with van der Waals surface area (Å²) in [6.45, 7) is 58.6. The summed E-state index contributed by atoms with van der Waals surface area (Å²) >= 11 is 0. The predicted molar refractivity (Wildman–Crippen MR) is 379 cm³/mol. The van der Waals surface area contributed by atoms with Crippen LogP contribution in [0, 0.1) is 38.9 Å². The van der Waals surface area contributed by atoms with Gasteiger partial charge < -0.3 is 4.90 Å². The van der Waals surface area contributed by atoms with Crippen LogP contribution in [0.15, 0.2) is 11.1 Å². The van der Waals surface area contributed by atoms with Crippen LogP contribution in [-0.4, -0.2) is 56.6 Å². The molecule has 5 fully saturated rings. The molecule has 5 aliphatic carbocycles. The minimum Gasteiger partial charge on any atom is -0.309 e. The van der Waals surface area contributed by atoms with E-state index in [0.717, 1.165) is 22.7 Å². The smallest absolute Gasteiger partial charge is 0.0442 e. The van der Waals surface area contributed by atoms with E-state index in [-0.39, 0.29) is 52.0 Å². The molecule has 0 unspecified atom stereocenters. The van der Waals surface area contributed by atoms with Crippen molar-refractivity contribution in [1.82, 2.24) is 9.80 Å². The number of allylic oxidation sites excluding steroid dienone is 2.